The van der Waals surface area contributed by atoms with Crippen LogP contribution in [0.4, 0.5) is 5.69 Å². The van der Waals surface area contributed by atoms with Gasteiger partial charge in [-0.25, -0.2) is 0 Å². The Morgan fingerprint density at radius 2 is 1.86 bits per heavy atom. The molecular weight excluding hydrogens is 274 g/mol. The Balaban J connectivity index is 1.93. The largest absolute Gasteiger partial charge is 0.490 e. The van der Waals surface area contributed by atoms with Gasteiger partial charge in [-0.15, -0.1) is 0 Å². The van der Waals surface area contributed by atoms with Crippen LogP contribution in [-0.2, 0) is 11.2 Å². The van der Waals surface area contributed by atoms with Crippen molar-refractivity contribution in [1.82, 2.24) is 0 Å². The average molecular weight is 295 g/mol. The Morgan fingerprint density at radius 3 is 2.50 bits per heavy atom. The van der Waals surface area contributed by atoms with Crippen molar-refractivity contribution < 1.29 is 9.53 Å². The van der Waals surface area contributed by atoms with Gasteiger partial charge in [-0.3, -0.25) is 4.79 Å². The molecule has 0 unspecified atom stereocenters. The van der Waals surface area contributed by atoms with Crippen molar-refractivity contribution in [2.75, 3.05) is 11.9 Å². The van der Waals surface area contributed by atoms with Gasteiger partial charge in [0.1, 0.15) is 12.4 Å². The van der Waals surface area contributed by atoms with E-state index in [4.69, 9.17) is 4.74 Å². The fraction of sp³-hybridized carbons (Fsp3) is 0.211. The second-order valence-corrected chi connectivity index (χ2v) is 5.27. The third kappa shape index (κ3) is 4.48. The first-order chi connectivity index (χ1) is 10.6. The van der Waals surface area contributed by atoms with Crippen LogP contribution in [0, 0.1) is 13.8 Å². The maximum Gasteiger partial charge on any atom is 0.228 e. The van der Waals surface area contributed by atoms with Gasteiger partial charge < -0.3 is 10.1 Å². The summed E-state index contributed by atoms with van der Waals surface area (Å²) < 4.78 is 5.40. The SMILES string of the molecule is C=CCOc1ccc(NC(=O)Cc2ccc(C)c(C)c2)cc1. The van der Waals surface area contributed by atoms with E-state index < -0.39 is 0 Å². The molecule has 0 bridgehead atoms. The van der Waals surface area contributed by atoms with E-state index in [1.54, 1.807) is 6.08 Å². The van der Waals surface area contributed by atoms with E-state index in [0.717, 1.165) is 17.0 Å². The van der Waals surface area contributed by atoms with Crippen molar-refractivity contribution in [2.24, 2.45) is 0 Å². The molecule has 0 aliphatic rings. The molecule has 3 nitrogen and oxygen atoms in total. The maximum atomic E-state index is 12.1. The summed E-state index contributed by atoms with van der Waals surface area (Å²) in [5, 5.41) is 2.89. The van der Waals surface area contributed by atoms with Crippen molar-refractivity contribution >= 4 is 11.6 Å². The van der Waals surface area contributed by atoms with Gasteiger partial charge in [0.25, 0.3) is 0 Å². The number of rotatable bonds is 6. The third-order valence-corrected chi connectivity index (χ3v) is 3.44. The Morgan fingerprint density at radius 1 is 1.14 bits per heavy atom. The molecule has 22 heavy (non-hydrogen) atoms. The van der Waals surface area contributed by atoms with E-state index in [-0.39, 0.29) is 5.91 Å². The molecule has 0 atom stereocenters. The number of amides is 1. The molecule has 0 spiro atoms. The zero-order valence-corrected chi connectivity index (χ0v) is 13.1. The standard InChI is InChI=1S/C19H21NO2/c1-4-11-22-18-9-7-17(8-10-18)20-19(21)13-16-6-5-14(2)15(3)12-16/h4-10,12H,1,11,13H2,2-3H3,(H,20,21). The first-order valence-electron chi connectivity index (χ1n) is 7.28. The fourth-order valence-electron chi connectivity index (χ4n) is 2.09. The molecule has 0 aliphatic carbocycles. The lowest BCUT2D eigenvalue weighted by atomic mass is 10.0. The van der Waals surface area contributed by atoms with Gasteiger partial charge in [-0.05, 0) is 54.8 Å². The summed E-state index contributed by atoms with van der Waals surface area (Å²) in [6.07, 6.45) is 2.06. The molecule has 2 rings (SSSR count). The van der Waals surface area contributed by atoms with E-state index in [9.17, 15) is 4.79 Å². The molecule has 0 aliphatic heterocycles. The van der Waals surface area contributed by atoms with E-state index in [1.807, 2.05) is 36.4 Å². The summed E-state index contributed by atoms with van der Waals surface area (Å²) in [7, 11) is 0. The van der Waals surface area contributed by atoms with Crippen LogP contribution in [0.5, 0.6) is 5.75 Å². The van der Waals surface area contributed by atoms with Crippen molar-refractivity contribution in [3.8, 4) is 5.75 Å². The lowest BCUT2D eigenvalue weighted by Gasteiger charge is -2.08. The lowest BCUT2D eigenvalue weighted by molar-refractivity contribution is -0.115. The molecule has 114 valence electrons. The van der Waals surface area contributed by atoms with Crippen molar-refractivity contribution in [1.29, 1.82) is 0 Å². The quantitative estimate of drug-likeness (QED) is 0.816. The number of nitrogens with one attached hydrogen (secondary N) is 1. The predicted molar refractivity (Wildman–Crippen MR) is 90.4 cm³/mol. The summed E-state index contributed by atoms with van der Waals surface area (Å²) in [5.74, 6) is 0.732. The highest BCUT2D eigenvalue weighted by Crippen LogP contribution is 2.16. The van der Waals surface area contributed by atoms with Crippen LogP contribution >= 0.6 is 0 Å². The van der Waals surface area contributed by atoms with Crippen LogP contribution < -0.4 is 10.1 Å². The average Bonchev–Trinajstić information content (AvgIpc) is 2.50. The number of benzene rings is 2. The van der Waals surface area contributed by atoms with Gasteiger partial charge in [0, 0.05) is 5.69 Å². The normalized spacial score (nSPS) is 10.1. The summed E-state index contributed by atoms with van der Waals surface area (Å²) in [5.41, 5.74) is 4.22. The second-order valence-electron chi connectivity index (χ2n) is 5.27. The third-order valence-electron chi connectivity index (χ3n) is 3.44. The fourth-order valence-corrected chi connectivity index (χ4v) is 2.09. The Bertz CT molecular complexity index is 660. The Hall–Kier alpha value is -2.55. The smallest absolute Gasteiger partial charge is 0.228 e. The topological polar surface area (TPSA) is 38.3 Å². The summed E-state index contributed by atoms with van der Waals surface area (Å²) >= 11 is 0. The van der Waals surface area contributed by atoms with Gasteiger partial charge in [-0.1, -0.05) is 30.9 Å². The van der Waals surface area contributed by atoms with Crippen LogP contribution in [-0.4, -0.2) is 12.5 Å². The van der Waals surface area contributed by atoms with Crippen molar-refractivity contribution in [3.63, 3.8) is 0 Å². The summed E-state index contributed by atoms with van der Waals surface area (Å²) in [6.45, 7) is 8.19. The molecule has 2 aromatic rings. The summed E-state index contributed by atoms with van der Waals surface area (Å²) in [4.78, 5) is 12.1. The number of aryl methyl sites for hydroxylation is 2. The molecule has 0 radical (unpaired) electrons. The van der Waals surface area contributed by atoms with E-state index in [1.165, 1.54) is 11.1 Å². The maximum absolute atomic E-state index is 12.1. The second kappa shape index (κ2) is 7.46. The molecule has 1 N–H and O–H groups in total. The van der Waals surface area contributed by atoms with Gasteiger partial charge in [0.05, 0.1) is 6.42 Å². The predicted octanol–water partition coefficient (Wildman–Crippen LogP) is 4.05. The van der Waals surface area contributed by atoms with Crippen LogP contribution in [0.2, 0.25) is 0 Å². The molecular formula is C19H21NO2. The molecule has 0 heterocycles. The Kier molecular flexibility index (Phi) is 5.37. The van der Waals surface area contributed by atoms with E-state index in [2.05, 4.69) is 31.8 Å². The molecule has 0 saturated heterocycles. The van der Waals surface area contributed by atoms with Crippen LogP contribution in [0.1, 0.15) is 16.7 Å². The first-order valence-corrected chi connectivity index (χ1v) is 7.28. The lowest BCUT2D eigenvalue weighted by Crippen LogP contribution is -2.14. The zero-order chi connectivity index (χ0) is 15.9. The van der Waals surface area contributed by atoms with Gasteiger partial charge in [0.2, 0.25) is 5.91 Å². The summed E-state index contributed by atoms with van der Waals surface area (Å²) in [6, 6.07) is 13.4. The minimum atomic E-state index is -0.0250. The minimum absolute atomic E-state index is 0.0250. The van der Waals surface area contributed by atoms with Gasteiger partial charge in [-0.2, -0.15) is 0 Å². The van der Waals surface area contributed by atoms with E-state index in [0.29, 0.717) is 13.0 Å². The molecule has 2 aromatic carbocycles. The molecule has 3 heteroatoms. The van der Waals surface area contributed by atoms with E-state index >= 15 is 0 Å². The number of carbonyl (C=O) groups excluding carboxylic acids is 1. The van der Waals surface area contributed by atoms with Crippen LogP contribution in [0.3, 0.4) is 0 Å². The van der Waals surface area contributed by atoms with Crippen molar-refractivity contribution in [2.45, 2.75) is 20.3 Å². The number of ether oxygens (including phenoxy) is 1. The minimum Gasteiger partial charge on any atom is -0.490 e. The molecule has 0 saturated carbocycles. The van der Waals surface area contributed by atoms with Gasteiger partial charge in [0.15, 0.2) is 0 Å². The molecule has 1 amide bonds. The highest BCUT2D eigenvalue weighted by Gasteiger charge is 2.05. The highest BCUT2D eigenvalue weighted by molar-refractivity contribution is 5.92. The number of carbonyl (C=O) groups is 1. The van der Waals surface area contributed by atoms with Crippen molar-refractivity contribution in [3.05, 3.63) is 71.8 Å². The monoisotopic (exact) mass is 295 g/mol. The van der Waals surface area contributed by atoms with Crippen LogP contribution in [0.25, 0.3) is 0 Å². The zero-order valence-electron chi connectivity index (χ0n) is 13.1. The number of anilines is 1. The van der Waals surface area contributed by atoms with Gasteiger partial charge >= 0.3 is 0 Å². The first kappa shape index (κ1) is 15.8. The van der Waals surface area contributed by atoms with Crippen LogP contribution in [0.15, 0.2) is 55.1 Å². The molecule has 0 fully saturated rings. The Labute approximate surface area is 131 Å². The number of hydrogen-bond donors (Lipinski definition) is 1. The molecule has 0 aromatic heterocycles. The highest BCUT2D eigenvalue weighted by atomic mass is 16.5. The number of hydrogen-bond acceptors (Lipinski definition) is 2.